The zero-order valence-corrected chi connectivity index (χ0v) is 11.4. The Hall–Kier alpha value is -2.63. The van der Waals surface area contributed by atoms with Crippen LogP contribution in [0, 0.1) is 11.6 Å². The van der Waals surface area contributed by atoms with Crippen molar-refractivity contribution < 1.29 is 18.3 Å². The van der Waals surface area contributed by atoms with E-state index < -0.39 is 11.6 Å². The van der Waals surface area contributed by atoms with Crippen molar-refractivity contribution in [1.82, 2.24) is 9.97 Å². The van der Waals surface area contributed by atoms with Crippen LogP contribution in [0.25, 0.3) is 22.4 Å². The summed E-state index contributed by atoms with van der Waals surface area (Å²) in [5, 5.41) is 0. The fourth-order valence-electron chi connectivity index (χ4n) is 2.15. The molecule has 3 aromatic rings. The number of aromatic nitrogens is 2. The Labute approximate surface area is 119 Å². The highest BCUT2D eigenvalue weighted by molar-refractivity contribution is 5.83. The number of nitrogens with zero attached hydrogens (tertiary/aromatic N) is 1. The van der Waals surface area contributed by atoms with E-state index in [0.717, 1.165) is 6.07 Å². The average Bonchev–Trinajstić information content (AvgIpc) is 2.87. The topological polar surface area (TPSA) is 47.1 Å². The molecule has 4 nitrogen and oxygen atoms in total. The van der Waals surface area contributed by atoms with Gasteiger partial charge < -0.3 is 14.5 Å². The summed E-state index contributed by atoms with van der Waals surface area (Å²) in [6.45, 7) is 0. The van der Waals surface area contributed by atoms with Gasteiger partial charge in [-0.15, -0.1) is 0 Å². The lowest BCUT2D eigenvalue weighted by Crippen LogP contribution is -1.89. The lowest BCUT2D eigenvalue weighted by molar-refractivity contribution is 0.356. The minimum Gasteiger partial charge on any atom is -0.493 e. The number of aromatic amines is 1. The molecule has 0 saturated heterocycles. The second kappa shape index (κ2) is 5.05. The minimum absolute atomic E-state index is 0.200. The van der Waals surface area contributed by atoms with Crippen LogP contribution in [-0.4, -0.2) is 24.2 Å². The van der Waals surface area contributed by atoms with E-state index in [0.29, 0.717) is 28.4 Å². The molecule has 21 heavy (non-hydrogen) atoms. The summed E-state index contributed by atoms with van der Waals surface area (Å²) in [6, 6.07) is 6.76. The standard InChI is InChI=1S/C15H12F2N2O2/c1-20-13-6-11-12(7-14(13)21-2)19-15(18-11)9-4-3-8(16)5-10(9)17/h3-7H,1-2H3,(H,18,19). The molecule has 0 bridgehead atoms. The van der Waals surface area contributed by atoms with E-state index in [4.69, 9.17) is 9.47 Å². The Balaban J connectivity index is 2.16. The molecule has 1 heterocycles. The van der Waals surface area contributed by atoms with Crippen LogP contribution < -0.4 is 9.47 Å². The van der Waals surface area contributed by atoms with Crippen molar-refractivity contribution in [2.75, 3.05) is 14.2 Å². The summed E-state index contributed by atoms with van der Waals surface area (Å²) in [6.07, 6.45) is 0. The monoisotopic (exact) mass is 290 g/mol. The van der Waals surface area contributed by atoms with E-state index in [1.54, 1.807) is 12.1 Å². The molecule has 0 radical (unpaired) electrons. The summed E-state index contributed by atoms with van der Waals surface area (Å²) in [4.78, 5) is 7.29. The smallest absolute Gasteiger partial charge is 0.163 e. The van der Waals surface area contributed by atoms with Crippen molar-refractivity contribution in [3.05, 3.63) is 42.0 Å². The Morgan fingerprint density at radius 1 is 1.00 bits per heavy atom. The molecular weight excluding hydrogens is 278 g/mol. The molecule has 1 aromatic heterocycles. The Bertz CT molecular complexity index is 774. The van der Waals surface area contributed by atoms with Crippen LogP contribution in [0.4, 0.5) is 8.78 Å². The van der Waals surface area contributed by atoms with Crippen LogP contribution in [0.5, 0.6) is 11.5 Å². The summed E-state index contributed by atoms with van der Waals surface area (Å²) in [5.41, 5.74) is 1.48. The molecule has 0 aliphatic heterocycles. The van der Waals surface area contributed by atoms with Crippen LogP contribution in [0.15, 0.2) is 30.3 Å². The highest BCUT2D eigenvalue weighted by atomic mass is 19.1. The second-order valence-corrected chi connectivity index (χ2v) is 4.43. The minimum atomic E-state index is -0.673. The molecular formula is C15H12F2N2O2. The zero-order chi connectivity index (χ0) is 15.0. The maximum absolute atomic E-state index is 13.8. The first-order valence-corrected chi connectivity index (χ1v) is 6.19. The molecule has 0 fully saturated rings. The molecule has 0 aliphatic carbocycles. The van der Waals surface area contributed by atoms with E-state index in [-0.39, 0.29) is 5.56 Å². The van der Waals surface area contributed by atoms with E-state index in [1.807, 2.05) is 0 Å². The largest absolute Gasteiger partial charge is 0.493 e. The number of nitrogens with one attached hydrogen (secondary N) is 1. The van der Waals surface area contributed by atoms with Crippen LogP contribution in [-0.2, 0) is 0 Å². The molecule has 1 N–H and O–H groups in total. The lowest BCUT2D eigenvalue weighted by Gasteiger charge is -2.06. The van der Waals surface area contributed by atoms with Crippen LogP contribution in [0.2, 0.25) is 0 Å². The molecule has 0 unspecified atom stereocenters. The number of halogens is 2. The van der Waals surface area contributed by atoms with Gasteiger partial charge in [-0.1, -0.05) is 0 Å². The third-order valence-corrected chi connectivity index (χ3v) is 3.17. The van der Waals surface area contributed by atoms with E-state index in [9.17, 15) is 8.78 Å². The van der Waals surface area contributed by atoms with Gasteiger partial charge in [-0.2, -0.15) is 0 Å². The number of fused-ring (bicyclic) bond motifs is 1. The van der Waals surface area contributed by atoms with E-state index in [1.165, 1.54) is 26.4 Å². The van der Waals surface area contributed by atoms with Crippen molar-refractivity contribution in [3.8, 4) is 22.9 Å². The van der Waals surface area contributed by atoms with Gasteiger partial charge in [0.1, 0.15) is 17.5 Å². The van der Waals surface area contributed by atoms with Crippen LogP contribution in [0.1, 0.15) is 0 Å². The quantitative estimate of drug-likeness (QED) is 0.802. The molecule has 0 aliphatic rings. The zero-order valence-electron chi connectivity index (χ0n) is 11.4. The number of benzene rings is 2. The summed E-state index contributed by atoms with van der Waals surface area (Å²) >= 11 is 0. The van der Waals surface area contributed by atoms with Crippen molar-refractivity contribution in [3.63, 3.8) is 0 Å². The second-order valence-electron chi connectivity index (χ2n) is 4.43. The normalized spacial score (nSPS) is 10.9. The van der Waals surface area contributed by atoms with Gasteiger partial charge in [0.05, 0.1) is 30.8 Å². The fraction of sp³-hybridized carbons (Fsp3) is 0.133. The number of methoxy groups -OCH3 is 2. The van der Waals surface area contributed by atoms with Crippen molar-refractivity contribution in [2.24, 2.45) is 0 Å². The van der Waals surface area contributed by atoms with Gasteiger partial charge in [0, 0.05) is 18.2 Å². The van der Waals surface area contributed by atoms with Gasteiger partial charge in [-0.25, -0.2) is 13.8 Å². The third kappa shape index (κ3) is 2.29. The first-order valence-electron chi connectivity index (χ1n) is 6.19. The number of ether oxygens (including phenoxy) is 2. The molecule has 0 atom stereocenters. The predicted octanol–water partition coefficient (Wildman–Crippen LogP) is 3.53. The average molecular weight is 290 g/mol. The highest BCUT2D eigenvalue weighted by Crippen LogP contribution is 2.32. The first kappa shape index (κ1) is 13.4. The van der Waals surface area contributed by atoms with Crippen molar-refractivity contribution in [1.29, 1.82) is 0 Å². The van der Waals surface area contributed by atoms with Crippen molar-refractivity contribution in [2.45, 2.75) is 0 Å². The van der Waals surface area contributed by atoms with Gasteiger partial charge in [0.15, 0.2) is 11.5 Å². The molecule has 6 heteroatoms. The number of imidazole rings is 1. The molecule has 108 valence electrons. The molecule has 0 amide bonds. The Kier molecular flexibility index (Phi) is 3.21. The van der Waals surface area contributed by atoms with E-state index >= 15 is 0 Å². The number of rotatable bonds is 3. The Morgan fingerprint density at radius 3 is 2.38 bits per heavy atom. The SMILES string of the molecule is COc1cc2nc(-c3ccc(F)cc3F)[nH]c2cc1OC. The third-order valence-electron chi connectivity index (χ3n) is 3.17. The molecule has 2 aromatic carbocycles. The molecule has 0 saturated carbocycles. The Morgan fingerprint density at radius 2 is 1.71 bits per heavy atom. The van der Waals surface area contributed by atoms with Gasteiger partial charge >= 0.3 is 0 Å². The first-order chi connectivity index (χ1) is 10.1. The number of hydrogen-bond donors (Lipinski definition) is 1. The van der Waals surface area contributed by atoms with Crippen molar-refractivity contribution >= 4 is 11.0 Å². The van der Waals surface area contributed by atoms with Gasteiger partial charge in [-0.3, -0.25) is 0 Å². The summed E-state index contributed by atoms with van der Waals surface area (Å²) in [7, 11) is 3.05. The van der Waals surface area contributed by atoms with Crippen LogP contribution in [0.3, 0.4) is 0 Å². The number of H-pyrrole nitrogens is 1. The lowest BCUT2D eigenvalue weighted by atomic mass is 10.2. The van der Waals surface area contributed by atoms with E-state index in [2.05, 4.69) is 9.97 Å². The van der Waals surface area contributed by atoms with Gasteiger partial charge in [-0.05, 0) is 12.1 Å². The molecule has 3 rings (SSSR count). The summed E-state index contributed by atoms with van der Waals surface area (Å²) in [5.74, 6) is 0.0869. The maximum atomic E-state index is 13.8. The maximum Gasteiger partial charge on any atom is 0.163 e. The fourth-order valence-corrected chi connectivity index (χ4v) is 2.15. The summed E-state index contributed by atoms with van der Waals surface area (Å²) < 4.78 is 37.2. The highest BCUT2D eigenvalue weighted by Gasteiger charge is 2.13. The van der Waals surface area contributed by atoms with Crippen LogP contribution >= 0.6 is 0 Å². The van der Waals surface area contributed by atoms with Gasteiger partial charge in [0.2, 0.25) is 0 Å². The number of hydrogen-bond acceptors (Lipinski definition) is 3. The molecule has 0 spiro atoms. The predicted molar refractivity (Wildman–Crippen MR) is 74.5 cm³/mol. The van der Waals surface area contributed by atoms with Gasteiger partial charge in [0.25, 0.3) is 0 Å².